The molecule has 0 saturated heterocycles. The maximum Gasteiger partial charge on any atom is 0.359 e. The van der Waals surface area contributed by atoms with Crippen molar-refractivity contribution in [2.75, 3.05) is 24.5 Å². The Morgan fingerprint density at radius 2 is 1.88 bits per heavy atom. The van der Waals surface area contributed by atoms with Crippen LogP contribution in [0.25, 0.3) is 0 Å². The molecule has 2 rings (SSSR count). The van der Waals surface area contributed by atoms with E-state index >= 15 is 0 Å². The number of ether oxygens (including phenoxy) is 1. The van der Waals surface area contributed by atoms with Crippen molar-refractivity contribution in [2.24, 2.45) is 12.1 Å². The van der Waals surface area contributed by atoms with Gasteiger partial charge in [0.25, 0.3) is 0 Å². The van der Waals surface area contributed by atoms with Crippen molar-refractivity contribution in [1.82, 2.24) is 0 Å². The molecule has 0 unspecified atom stereocenters. The van der Waals surface area contributed by atoms with Crippen LogP contribution >= 0.6 is 0 Å². The summed E-state index contributed by atoms with van der Waals surface area (Å²) in [4.78, 5) is 23.2. The highest BCUT2D eigenvalue weighted by Crippen LogP contribution is 2.30. The molecule has 0 aliphatic heterocycles. The van der Waals surface area contributed by atoms with Gasteiger partial charge in [-0.2, -0.15) is 5.10 Å². The smallest absolute Gasteiger partial charge is 0.359 e. The zero-order valence-electron chi connectivity index (χ0n) is 15.1. The molecule has 2 aromatic rings. The first-order valence-electron chi connectivity index (χ1n) is 7.78. The summed E-state index contributed by atoms with van der Waals surface area (Å²) in [6.45, 7) is 1.38. The Balaban J connectivity index is 2.38. The number of aryl methyl sites for hydroxylation is 1. The lowest BCUT2D eigenvalue weighted by atomic mass is 10.1. The summed E-state index contributed by atoms with van der Waals surface area (Å²) < 4.78 is 6.64. The first kappa shape index (κ1) is 18.9. The number of aromatic nitrogens is 1. The highest BCUT2D eigenvalue weighted by molar-refractivity contribution is 6.43. The van der Waals surface area contributed by atoms with Gasteiger partial charge in [0.1, 0.15) is 18.5 Å². The number of carbonyl (C=O) groups excluding carboxylic acids is 2. The van der Waals surface area contributed by atoms with Gasteiger partial charge in [-0.1, -0.05) is 0 Å². The Labute approximate surface area is 151 Å². The number of hydrazone groups is 1. The zero-order chi connectivity index (χ0) is 19.3. The maximum atomic E-state index is 12.1. The second-order valence-electron chi connectivity index (χ2n) is 5.60. The molecular formula is C18H21N4O4+. The number of phenols is 1. The number of methoxy groups -OCH3 is 1. The monoisotopic (exact) mass is 357 g/mol. The summed E-state index contributed by atoms with van der Waals surface area (Å²) in [7, 11) is 4.74. The van der Waals surface area contributed by atoms with Gasteiger partial charge < -0.3 is 15.2 Å². The minimum Gasteiger partial charge on any atom is -0.506 e. The molecule has 0 spiro atoms. The van der Waals surface area contributed by atoms with Crippen LogP contribution < -0.4 is 14.9 Å². The SMILES string of the molecule is COC(=O)/C(=N\N(C)c1ccc(NC(C)=O)cc1O)c1cc[n+](C)cc1. The van der Waals surface area contributed by atoms with Gasteiger partial charge in [0.05, 0.1) is 7.11 Å². The van der Waals surface area contributed by atoms with Crippen molar-refractivity contribution in [1.29, 1.82) is 0 Å². The van der Waals surface area contributed by atoms with E-state index < -0.39 is 5.97 Å². The molecule has 8 nitrogen and oxygen atoms in total. The van der Waals surface area contributed by atoms with E-state index in [1.807, 2.05) is 11.6 Å². The summed E-state index contributed by atoms with van der Waals surface area (Å²) in [6, 6.07) is 8.10. The molecule has 0 fully saturated rings. The lowest BCUT2D eigenvalue weighted by molar-refractivity contribution is -0.671. The van der Waals surface area contributed by atoms with Gasteiger partial charge >= 0.3 is 5.97 Å². The van der Waals surface area contributed by atoms with Crippen LogP contribution in [-0.2, 0) is 21.4 Å². The molecule has 0 atom stereocenters. The third-order valence-corrected chi connectivity index (χ3v) is 3.53. The molecule has 2 N–H and O–H groups in total. The number of aromatic hydroxyl groups is 1. The number of pyridine rings is 1. The lowest BCUT2D eigenvalue weighted by Crippen LogP contribution is -2.28. The van der Waals surface area contributed by atoms with Gasteiger partial charge in [-0.3, -0.25) is 9.80 Å². The van der Waals surface area contributed by atoms with Crippen LogP contribution in [0, 0.1) is 0 Å². The Bertz CT molecular complexity index is 847. The number of rotatable bonds is 5. The van der Waals surface area contributed by atoms with E-state index in [9.17, 15) is 14.7 Å². The molecule has 1 aromatic carbocycles. The van der Waals surface area contributed by atoms with Gasteiger partial charge in [0, 0.05) is 43.4 Å². The van der Waals surface area contributed by atoms with Crippen LogP contribution in [0.15, 0.2) is 47.8 Å². The summed E-state index contributed by atoms with van der Waals surface area (Å²) in [5.41, 5.74) is 1.50. The fourth-order valence-corrected chi connectivity index (χ4v) is 2.25. The molecule has 26 heavy (non-hydrogen) atoms. The summed E-state index contributed by atoms with van der Waals surface area (Å²) in [5.74, 6) is -0.931. The first-order chi connectivity index (χ1) is 12.3. The number of hydrogen-bond donors (Lipinski definition) is 2. The standard InChI is InChI=1S/C18H20N4O4/c1-12(23)19-14-5-6-15(16(24)11-14)22(3)20-17(18(25)26-4)13-7-9-21(2)10-8-13/h5-11H,1-4H3,(H-,19,20,23,24)/p+1. The topological polar surface area (TPSA) is 95.1 Å². The number of esters is 1. The van der Waals surface area contributed by atoms with Crippen molar-refractivity contribution in [3.8, 4) is 5.75 Å². The third-order valence-electron chi connectivity index (χ3n) is 3.53. The number of anilines is 2. The number of hydrogen-bond acceptors (Lipinski definition) is 6. The predicted molar refractivity (Wildman–Crippen MR) is 97.0 cm³/mol. The van der Waals surface area contributed by atoms with Crippen molar-refractivity contribution < 1.29 is 24.0 Å². The van der Waals surface area contributed by atoms with Gasteiger partial charge in [0.15, 0.2) is 18.1 Å². The van der Waals surface area contributed by atoms with E-state index in [2.05, 4.69) is 10.4 Å². The molecule has 1 heterocycles. The Morgan fingerprint density at radius 1 is 1.23 bits per heavy atom. The van der Waals surface area contributed by atoms with Crippen molar-refractivity contribution >= 4 is 29.0 Å². The molecule has 136 valence electrons. The lowest BCUT2D eigenvalue weighted by Gasteiger charge is -2.17. The largest absolute Gasteiger partial charge is 0.506 e. The number of benzene rings is 1. The molecule has 1 amide bonds. The van der Waals surface area contributed by atoms with E-state index in [1.54, 1.807) is 43.7 Å². The minimum atomic E-state index is -0.597. The Morgan fingerprint density at radius 3 is 2.42 bits per heavy atom. The molecule has 0 radical (unpaired) electrons. The summed E-state index contributed by atoms with van der Waals surface area (Å²) >= 11 is 0. The highest BCUT2D eigenvalue weighted by atomic mass is 16.5. The number of carbonyl (C=O) groups is 2. The fourth-order valence-electron chi connectivity index (χ4n) is 2.25. The molecule has 0 aliphatic carbocycles. The average Bonchev–Trinajstić information content (AvgIpc) is 2.59. The highest BCUT2D eigenvalue weighted by Gasteiger charge is 2.18. The van der Waals surface area contributed by atoms with Crippen molar-refractivity contribution in [2.45, 2.75) is 6.92 Å². The second-order valence-corrected chi connectivity index (χ2v) is 5.60. The number of phenolic OH excluding ortho intramolecular Hbond substituents is 1. The quantitative estimate of drug-likeness (QED) is 0.363. The van der Waals surface area contributed by atoms with Crippen LogP contribution in [0.2, 0.25) is 0 Å². The van der Waals surface area contributed by atoms with Crippen LogP contribution in [0.4, 0.5) is 11.4 Å². The van der Waals surface area contributed by atoms with E-state index in [-0.39, 0.29) is 17.4 Å². The first-order valence-corrected chi connectivity index (χ1v) is 7.78. The van der Waals surface area contributed by atoms with Crippen molar-refractivity contribution in [3.05, 3.63) is 48.3 Å². The van der Waals surface area contributed by atoms with Crippen LogP contribution in [0.3, 0.4) is 0 Å². The molecule has 1 aromatic heterocycles. The van der Waals surface area contributed by atoms with E-state index in [0.29, 0.717) is 16.9 Å². The van der Waals surface area contributed by atoms with Crippen LogP contribution in [-0.4, -0.2) is 36.9 Å². The number of nitrogens with zero attached hydrogens (tertiary/aromatic N) is 3. The van der Waals surface area contributed by atoms with Crippen LogP contribution in [0.1, 0.15) is 12.5 Å². The van der Waals surface area contributed by atoms with Gasteiger partial charge in [-0.15, -0.1) is 0 Å². The Hall–Kier alpha value is -3.42. The molecule has 0 saturated carbocycles. The van der Waals surface area contributed by atoms with E-state index in [0.717, 1.165) is 0 Å². The molecule has 0 bridgehead atoms. The summed E-state index contributed by atoms with van der Waals surface area (Å²) in [5, 5.41) is 18.4. The zero-order valence-corrected chi connectivity index (χ0v) is 15.1. The van der Waals surface area contributed by atoms with Gasteiger partial charge in [0.2, 0.25) is 5.91 Å². The van der Waals surface area contributed by atoms with Gasteiger partial charge in [-0.25, -0.2) is 9.36 Å². The summed E-state index contributed by atoms with van der Waals surface area (Å²) in [6.07, 6.45) is 3.57. The van der Waals surface area contributed by atoms with E-state index in [4.69, 9.17) is 4.74 Å². The van der Waals surface area contributed by atoms with Crippen LogP contribution in [0.5, 0.6) is 5.75 Å². The van der Waals surface area contributed by atoms with Crippen molar-refractivity contribution in [3.63, 3.8) is 0 Å². The second kappa shape index (κ2) is 8.11. The number of amides is 1. The minimum absolute atomic E-state index is 0.0915. The Kier molecular flexibility index (Phi) is 5.90. The van der Waals surface area contributed by atoms with E-state index in [1.165, 1.54) is 25.1 Å². The average molecular weight is 357 g/mol. The van der Waals surface area contributed by atoms with Gasteiger partial charge in [-0.05, 0) is 12.1 Å². The molecular weight excluding hydrogens is 336 g/mol. The fraction of sp³-hybridized carbons (Fsp3) is 0.222. The molecule has 8 heteroatoms. The maximum absolute atomic E-state index is 12.1. The third kappa shape index (κ3) is 4.56. The normalized spacial score (nSPS) is 11.0. The molecule has 0 aliphatic rings. The predicted octanol–water partition coefficient (Wildman–Crippen LogP) is 1.19. The number of nitrogens with one attached hydrogen (secondary N) is 1.